The summed E-state index contributed by atoms with van der Waals surface area (Å²) >= 11 is 0. The van der Waals surface area contributed by atoms with E-state index in [9.17, 15) is 74.6 Å². The monoisotopic (exact) mass is 1290 g/mol. The largest absolute Gasteiger partial charge is 0.416 e. The third kappa shape index (κ3) is 14.9. The summed E-state index contributed by atoms with van der Waals surface area (Å²) in [4.78, 5) is 36.7. The van der Waals surface area contributed by atoms with Crippen LogP contribution in [-0.2, 0) is 68.8 Å². The molecule has 21 nitrogen and oxygen atoms in total. The van der Waals surface area contributed by atoms with Crippen LogP contribution in [0.15, 0.2) is 143 Å². The molecule has 4 aromatic carbocycles. The Morgan fingerprint density at radius 1 is 0.750 bits per heavy atom. The van der Waals surface area contributed by atoms with Crippen molar-refractivity contribution in [2.75, 3.05) is 57.7 Å². The summed E-state index contributed by atoms with van der Waals surface area (Å²) in [6.45, 7) is 7.14. The lowest BCUT2D eigenvalue weighted by Gasteiger charge is -2.36. The summed E-state index contributed by atoms with van der Waals surface area (Å²) in [7, 11) is -18.0. The van der Waals surface area contributed by atoms with Gasteiger partial charge in [-0.1, -0.05) is 55.3 Å². The summed E-state index contributed by atoms with van der Waals surface area (Å²) in [5.41, 5.74) is 3.18. The number of nitrogens with zero attached hydrogens (tertiary/aromatic N) is 5. The van der Waals surface area contributed by atoms with Gasteiger partial charge in [-0.3, -0.25) is 27.9 Å². The summed E-state index contributed by atoms with van der Waals surface area (Å²) in [5.74, 6) is -1.00. The maximum absolute atomic E-state index is 14.0. The molecule has 0 spiro atoms. The fourth-order valence-electron chi connectivity index (χ4n) is 12.0. The van der Waals surface area contributed by atoms with Crippen LogP contribution in [0.25, 0.3) is 11.3 Å². The molecule has 28 heteroatoms. The molecule has 4 aliphatic rings. The average Bonchev–Trinajstić information content (AvgIpc) is 1.71. The van der Waals surface area contributed by atoms with E-state index in [1.807, 2.05) is 25.7 Å². The first-order valence-electron chi connectivity index (χ1n) is 28.2. The molecule has 1 aromatic heterocycles. The molecule has 1 saturated heterocycles. The van der Waals surface area contributed by atoms with Crippen LogP contribution in [0.5, 0.6) is 0 Å². The minimum atomic E-state index is -4.69. The number of alkyl halides is 3. The van der Waals surface area contributed by atoms with E-state index in [1.54, 1.807) is 76.3 Å². The van der Waals surface area contributed by atoms with Crippen LogP contribution in [0.3, 0.4) is 0 Å². The molecular formula is C60H67F3N7O14S4+. The quantitative estimate of drug-likeness (QED) is 0.0153. The summed E-state index contributed by atoms with van der Waals surface area (Å²) in [6.07, 6.45) is 6.79. The maximum atomic E-state index is 14.0. The molecule has 5 aromatic rings. The van der Waals surface area contributed by atoms with E-state index in [0.29, 0.717) is 96.3 Å². The Morgan fingerprint density at radius 3 is 2.10 bits per heavy atom. The first-order valence-corrected chi connectivity index (χ1v) is 34.3. The molecule has 470 valence electrons. The second-order valence-corrected chi connectivity index (χ2v) is 28.9. The summed E-state index contributed by atoms with van der Waals surface area (Å²) < 4.78 is 178. The fraction of sp³-hybridized carbons (Fsp3) is 0.367. The van der Waals surface area contributed by atoms with Crippen molar-refractivity contribution >= 4 is 86.7 Å². The number of carbonyl (C=O) groups excluding carboxylic acids is 2. The first-order chi connectivity index (χ1) is 41.2. The van der Waals surface area contributed by atoms with Crippen molar-refractivity contribution in [2.45, 2.75) is 112 Å². The van der Waals surface area contributed by atoms with Crippen LogP contribution in [0.2, 0.25) is 0 Å². The zero-order valence-electron chi connectivity index (χ0n) is 48.2. The summed E-state index contributed by atoms with van der Waals surface area (Å²) in [5, 5.41) is 5.85. The molecule has 5 heterocycles. The molecular weight excluding hydrogens is 1230 g/mol. The molecule has 88 heavy (non-hydrogen) atoms. The lowest BCUT2D eigenvalue weighted by atomic mass is 9.77. The SMILES string of the molecule is CC1(C)C(/C=C/C=C/C=C2\N(CCCS(=O)(=O)O)c3ccc(S(=O)(=O)O)cc3C2(C)CCCCCC(=O)NCc2ccc(NC(=O)N3c4nc(-c5cccc(C(F)(F)F)c5)ccc4N4CC[C@H]3C4)cc2)=[N+](CCCS(=O)(=O)O)c2ccc(S(=O)(=O)O)cc21. The number of hydrogen-bond acceptors (Lipinski definition) is 13. The van der Waals surface area contributed by atoms with Gasteiger partial charge in [0.05, 0.1) is 49.7 Å². The first kappa shape index (κ1) is 65.1. The van der Waals surface area contributed by atoms with Gasteiger partial charge in [0.1, 0.15) is 6.54 Å². The molecule has 1 unspecified atom stereocenters. The van der Waals surface area contributed by atoms with Crippen molar-refractivity contribution in [3.8, 4) is 11.3 Å². The van der Waals surface area contributed by atoms with Gasteiger partial charge in [0.15, 0.2) is 11.5 Å². The minimum absolute atomic E-state index is 0.00936. The molecule has 6 N–H and O–H groups in total. The number of urea groups is 1. The molecule has 3 amide bonds. The van der Waals surface area contributed by atoms with Gasteiger partial charge in [0, 0.05) is 84.8 Å². The van der Waals surface area contributed by atoms with E-state index in [0.717, 1.165) is 17.7 Å². The van der Waals surface area contributed by atoms with E-state index < -0.39 is 80.6 Å². The number of unbranched alkanes of at least 4 members (excludes halogenated alkanes) is 2. The standard InChI is InChI=1S/C60H66F3N7O14S4/c1-58(2)47-36-45(87(79,80)81)22-25-50(47)68(30-11-33-85(73,74)75)53(58)15-6-4-7-16-54-59(3,48-37-46(88(82,83)84)23-26-51(48)69(54)31-12-34-86(76,77)78)29-9-5-8-17-55(71)64-38-40-18-20-43(21-19-40)65-57(72)70-44-28-32-67(39-44)52-27-24-49(66-56(52)70)41-13-10-14-42(35-41)60(61,62)63/h4,6-7,10,13-16,18-27,35-37,44H,5,8-9,11-12,17,28-34,38-39H2,1-3H3,(H5-,64,65,71,72,73,74,75,76,77,78,79,80,81,82,83,84)/p+1/t44-,59?/m0/s1. The molecule has 2 atom stereocenters. The van der Waals surface area contributed by atoms with Gasteiger partial charge in [-0.25, -0.2) is 9.78 Å². The number of rotatable bonds is 23. The number of nitrogens with one attached hydrogen (secondary N) is 2. The van der Waals surface area contributed by atoms with Gasteiger partial charge >= 0.3 is 12.2 Å². The molecule has 9 rings (SSSR count). The predicted octanol–water partition coefficient (Wildman–Crippen LogP) is 9.86. The van der Waals surface area contributed by atoms with Crippen molar-refractivity contribution in [1.29, 1.82) is 0 Å². The third-order valence-corrected chi connectivity index (χ3v) is 19.7. The molecule has 1 fully saturated rings. The van der Waals surface area contributed by atoms with Crippen LogP contribution in [0.4, 0.5) is 46.5 Å². The lowest BCUT2D eigenvalue weighted by Crippen LogP contribution is -2.48. The van der Waals surface area contributed by atoms with E-state index in [2.05, 4.69) is 15.5 Å². The smallest absolute Gasteiger partial charge is 0.366 e. The highest BCUT2D eigenvalue weighted by Crippen LogP contribution is 2.52. The van der Waals surface area contributed by atoms with E-state index in [1.165, 1.54) is 48.5 Å². The van der Waals surface area contributed by atoms with Crippen molar-refractivity contribution in [2.24, 2.45) is 0 Å². The van der Waals surface area contributed by atoms with Gasteiger partial charge in [0.2, 0.25) is 11.6 Å². The Hall–Kier alpha value is -7.31. The van der Waals surface area contributed by atoms with Gasteiger partial charge in [-0.15, -0.1) is 0 Å². The van der Waals surface area contributed by atoms with Crippen molar-refractivity contribution < 1.29 is 79.2 Å². The Labute approximate surface area is 509 Å². The van der Waals surface area contributed by atoms with Crippen LogP contribution >= 0.6 is 0 Å². The number of amides is 3. The molecule has 4 aliphatic heterocycles. The van der Waals surface area contributed by atoms with Crippen molar-refractivity contribution in [3.05, 3.63) is 155 Å². The van der Waals surface area contributed by atoms with E-state index in [-0.39, 0.29) is 71.9 Å². The highest BCUT2D eigenvalue weighted by Gasteiger charge is 2.46. The number of fused-ring (bicyclic) bond motifs is 6. The maximum Gasteiger partial charge on any atom is 0.416 e. The van der Waals surface area contributed by atoms with E-state index >= 15 is 0 Å². The number of allylic oxidation sites excluding steroid dienone is 6. The third-order valence-electron chi connectivity index (χ3n) is 16.4. The second-order valence-electron chi connectivity index (χ2n) is 22.9. The van der Waals surface area contributed by atoms with Gasteiger partial charge < -0.3 is 20.4 Å². The molecule has 0 radical (unpaired) electrons. The minimum Gasteiger partial charge on any atom is -0.366 e. The van der Waals surface area contributed by atoms with Crippen LogP contribution in [0.1, 0.15) is 94.4 Å². The number of halogens is 3. The number of pyridine rings is 1. The lowest BCUT2D eigenvalue weighted by molar-refractivity contribution is -0.437. The number of anilines is 4. The Kier molecular flexibility index (Phi) is 18.7. The Balaban J connectivity index is 0.860. The zero-order valence-corrected chi connectivity index (χ0v) is 51.4. The van der Waals surface area contributed by atoms with E-state index in [4.69, 9.17) is 4.98 Å². The average molecular weight is 1300 g/mol. The second kappa shape index (κ2) is 25.3. The number of carbonyl (C=O) groups is 2. The fourth-order valence-corrected chi connectivity index (χ4v) is 14.0. The highest BCUT2D eigenvalue weighted by atomic mass is 32.2. The normalized spacial score (nSPS) is 18.8. The Bertz CT molecular complexity index is 4160. The highest BCUT2D eigenvalue weighted by molar-refractivity contribution is 7.86. The van der Waals surface area contributed by atoms with Crippen molar-refractivity contribution in [1.82, 2.24) is 10.3 Å². The van der Waals surface area contributed by atoms with Gasteiger partial charge in [-0.05, 0) is 130 Å². The van der Waals surface area contributed by atoms with Crippen LogP contribution in [0, 0.1) is 0 Å². The molecule has 2 bridgehead atoms. The van der Waals surface area contributed by atoms with Crippen molar-refractivity contribution in [3.63, 3.8) is 0 Å². The molecule has 0 saturated carbocycles. The summed E-state index contributed by atoms with van der Waals surface area (Å²) in [6, 6.07) is 22.7. The van der Waals surface area contributed by atoms with Crippen LogP contribution in [-0.4, -0.2) is 123 Å². The molecule has 0 aliphatic carbocycles. The zero-order chi connectivity index (χ0) is 63.8. The number of benzene rings is 4. The number of aromatic nitrogens is 1. The Morgan fingerprint density at radius 2 is 1.42 bits per heavy atom. The number of hydrogen-bond donors (Lipinski definition) is 6. The topological polar surface area (TPSA) is 301 Å². The van der Waals surface area contributed by atoms with Gasteiger partial charge in [-0.2, -0.15) is 51.4 Å². The predicted molar refractivity (Wildman–Crippen MR) is 327 cm³/mol. The van der Waals surface area contributed by atoms with Gasteiger partial charge in [0.25, 0.3) is 40.5 Å². The van der Waals surface area contributed by atoms with Crippen LogP contribution < -0.4 is 25.3 Å².